The normalized spacial score (nSPS) is 16.3. The fraction of sp³-hybridized carbons (Fsp3) is 0.562. The van der Waals surface area contributed by atoms with Crippen molar-refractivity contribution < 1.29 is 14.3 Å². The standard InChI is InChI=1S/C16H23ClN2O3.ClH/c1-21-9-10-22-14-6-5-12(11-13(14)17)19-15(20)16(18)7-3-2-4-8-16;/h5-6,11H,2-4,7-10,18H2,1H3,(H,19,20);1H. The molecule has 7 heteroatoms. The smallest absolute Gasteiger partial charge is 0.244 e. The van der Waals surface area contributed by atoms with Gasteiger partial charge in [0.1, 0.15) is 12.4 Å². The minimum atomic E-state index is -0.766. The van der Waals surface area contributed by atoms with Crippen LogP contribution in [-0.2, 0) is 9.53 Å². The monoisotopic (exact) mass is 362 g/mol. The summed E-state index contributed by atoms with van der Waals surface area (Å²) in [5.74, 6) is 0.424. The van der Waals surface area contributed by atoms with E-state index >= 15 is 0 Å². The molecule has 1 aromatic rings. The van der Waals surface area contributed by atoms with Gasteiger partial charge >= 0.3 is 0 Å². The number of hydrogen-bond acceptors (Lipinski definition) is 4. The zero-order chi connectivity index (χ0) is 16.0. The molecule has 0 bridgehead atoms. The Kier molecular flexibility index (Phi) is 8.12. The number of anilines is 1. The maximum Gasteiger partial charge on any atom is 0.244 e. The van der Waals surface area contributed by atoms with Crippen molar-refractivity contribution in [3.63, 3.8) is 0 Å². The van der Waals surface area contributed by atoms with Crippen LogP contribution in [0.15, 0.2) is 18.2 Å². The Morgan fingerprint density at radius 3 is 2.61 bits per heavy atom. The Morgan fingerprint density at radius 2 is 2.00 bits per heavy atom. The lowest BCUT2D eigenvalue weighted by molar-refractivity contribution is -0.122. The minimum Gasteiger partial charge on any atom is -0.490 e. The van der Waals surface area contributed by atoms with E-state index in [4.69, 9.17) is 26.8 Å². The van der Waals surface area contributed by atoms with Crippen molar-refractivity contribution in [1.82, 2.24) is 0 Å². The highest BCUT2D eigenvalue weighted by atomic mass is 35.5. The van der Waals surface area contributed by atoms with E-state index in [0.717, 1.165) is 32.1 Å². The van der Waals surface area contributed by atoms with Gasteiger partial charge in [-0.3, -0.25) is 4.79 Å². The maximum atomic E-state index is 12.4. The molecule has 0 saturated heterocycles. The molecule has 3 N–H and O–H groups in total. The largest absolute Gasteiger partial charge is 0.490 e. The van der Waals surface area contributed by atoms with Crippen LogP contribution in [0.25, 0.3) is 0 Å². The van der Waals surface area contributed by atoms with Crippen LogP contribution < -0.4 is 15.8 Å². The summed E-state index contributed by atoms with van der Waals surface area (Å²) < 4.78 is 10.4. The fourth-order valence-corrected chi connectivity index (χ4v) is 2.83. The second-order valence-corrected chi connectivity index (χ2v) is 6.06. The average molecular weight is 363 g/mol. The van der Waals surface area contributed by atoms with E-state index in [-0.39, 0.29) is 18.3 Å². The van der Waals surface area contributed by atoms with Crippen molar-refractivity contribution in [2.75, 3.05) is 25.6 Å². The molecule has 0 atom stereocenters. The molecule has 0 aromatic heterocycles. The van der Waals surface area contributed by atoms with Crippen LogP contribution in [0, 0.1) is 0 Å². The second-order valence-electron chi connectivity index (χ2n) is 5.66. The molecule has 0 spiro atoms. The Bertz CT molecular complexity index is 520. The predicted octanol–water partition coefficient (Wildman–Crippen LogP) is 3.39. The van der Waals surface area contributed by atoms with Crippen molar-refractivity contribution in [1.29, 1.82) is 0 Å². The molecular formula is C16H24Cl2N2O3. The van der Waals surface area contributed by atoms with Crippen molar-refractivity contribution in [2.24, 2.45) is 5.73 Å². The number of halogens is 2. The van der Waals surface area contributed by atoms with Crippen molar-refractivity contribution in [2.45, 2.75) is 37.6 Å². The van der Waals surface area contributed by atoms with Crippen LogP contribution in [0.1, 0.15) is 32.1 Å². The molecule has 130 valence electrons. The van der Waals surface area contributed by atoms with Crippen molar-refractivity contribution >= 4 is 35.6 Å². The number of methoxy groups -OCH3 is 1. The lowest BCUT2D eigenvalue weighted by Crippen LogP contribution is -2.52. The highest BCUT2D eigenvalue weighted by molar-refractivity contribution is 6.32. The summed E-state index contributed by atoms with van der Waals surface area (Å²) >= 11 is 6.16. The average Bonchev–Trinajstić information content (AvgIpc) is 2.50. The van der Waals surface area contributed by atoms with Crippen molar-refractivity contribution in [3.05, 3.63) is 23.2 Å². The topological polar surface area (TPSA) is 73.6 Å². The zero-order valence-electron chi connectivity index (χ0n) is 13.3. The first-order valence-corrected chi connectivity index (χ1v) is 7.94. The van der Waals surface area contributed by atoms with E-state index in [1.165, 1.54) is 0 Å². The van der Waals surface area contributed by atoms with Crippen LogP contribution in [0.2, 0.25) is 5.02 Å². The number of rotatable bonds is 6. The summed E-state index contributed by atoms with van der Waals surface area (Å²) in [5, 5.41) is 3.31. The highest BCUT2D eigenvalue weighted by Gasteiger charge is 2.35. The number of nitrogens with one attached hydrogen (secondary N) is 1. The third-order valence-corrected chi connectivity index (χ3v) is 4.23. The molecule has 1 amide bonds. The number of ether oxygens (including phenoxy) is 2. The summed E-state index contributed by atoms with van der Waals surface area (Å²) in [6.45, 7) is 0.915. The van der Waals surface area contributed by atoms with Crippen LogP contribution in [0.4, 0.5) is 5.69 Å². The van der Waals surface area contributed by atoms with E-state index in [0.29, 0.717) is 29.7 Å². The molecular weight excluding hydrogens is 339 g/mol. The van der Waals surface area contributed by atoms with E-state index in [1.807, 2.05) is 0 Å². The van der Waals surface area contributed by atoms with Gasteiger partial charge in [-0.05, 0) is 31.0 Å². The first-order chi connectivity index (χ1) is 10.5. The molecule has 1 aromatic carbocycles. The molecule has 0 aliphatic heterocycles. The Balaban J connectivity index is 0.00000264. The van der Waals surface area contributed by atoms with E-state index in [2.05, 4.69) is 5.32 Å². The number of amides is 1. The van der Waals surface area contributed by atoms with Gasteiger partial charge in [0.2, 0.25) is 5.91 Å². The van der Waals surface area contributed by atoms with Crippen LogP contribution >= 0.6 is 24.0 Å². The van der Waals surface area contributed by atoms with E-state index < -0.39 is 5.54 Å². The Hall–Kier alpha value is -1.01. The molecule has 2 rings (SSSR count). The second kappa shape index (κ2) is 9.33. The number of benzene rings is 1. The third kappa shape index (κ3) is 5.53. The molecule has 1 aliphatic carbocycles. The summed E-state index contributed by atoms with van der Waals surface area (Å²) in [5.41, 5.74) is 6.08. The number of hydrogen-bond donors (Lipinski definition) is 2. The molecule has 1 fully saturated rings. The van der Waals surface area contributed by atoms with Crippen molar-refractivity contribution in [3.8, 4) is 5.75 Å². The van der Waals surface area contributed by atoms with Crippen LogP contribution in [-0.4, -0.2) is 31.8 Å². The summed E-state index contributed by atoms with van der Waals surface area (Å²) in [4.78, 5) is 12.4. The first kappa shape index (κ1) is 20.0. The quantitative estimate of drug-likeness (QED) is 0.760. The lowest BCUT2D eigenvalue weighted by atomic mass is 9.82. The highest BCUT2D eigenvalue weighted by Crippen LogP contribution is 2.30. The van der Waals surface area contributed by atoms with Gasteiger partial charge < -0.3 is 20.5 Å². The summed E-state index contributed by atoms with van der Waals surface area (Å²) in [7, 11) is 1.61. The molecule has 23 heavy (non-hydrogen) atoms. The Labute approximate surface area is 148 Å². The molecule has 0 radical (unpaired) electrons. The molecule has 1 saturated carbocycles. The summed E-state index contributed by atoms with van der Waals surface area (Å²) in [6, 6.07) is 5.17. The van der Waals surface area contributed by atoms with Gasteiger partial charge in [0.05, 0.1) is 17.2 Å². The zero-order valence-corrected chi connectivity index (χ0v) is 14.8. The SMILES string of the molecule is COCCOc1ccc(NC(=O)C2(N)CCCCC2)cc1Cl.Cl. The predicted molar refractivity (Wildman–Crippen MR) is 94.7 cm³/mol. The lowest BCUT2D eigenvalue weighted by Gasteiger charge is -2.31. The van der Waals surface area contributed by atoms with Gasteiger partial charge in [0.25, 0.3) is 0 Å². The van der Waals surface area contributed by atoms with Gasteiger partial charge in [-0.1, -0.05) is 30.9 Å². The minimum absolute atomic E-state index is 0. The number of carbonyl (C=O) groups is 1. The maximum absolute atomic E-state index is 12.4. The van der Waals surface area contributed by atoms with Gasteiger partial charge in [-0.25, -0.2) is 0 Å². The van der Waals surface area contributed by atoms with E-state index in [1.54, 1.807) is 25.3 Å². The number of carbonyl (C=O) groups excluding carboxylic acids is 1. The number of nitrogens with two attached hydrogens (primary N) is 1. The van der Waals surface area contributed by atoms with Gasteiger partial charge in [0.15, 0.2) is 0 Å². The van der Waals surface area contributed by atoms with Crippen LogP contribution in [0.5, 0.6) is 5.75 Å². The third-order valence-electron chi connectivity index (χ3n) is 3.93. The summed E-state index contributed by atoms with van der Waals surface area (Å²) in [6.07, 6.45) is 4.59. The molecule has 0 heterocycles. The van der Waals surface area contributed by atoms with E-state index in [9.17, 15) is 4.79 Å². The Morgan fingerprint density at radius 1 is 1.30 bits per heavy atom. The first-order valence-electron chi connectivity index (χ1n) is 7.57. The van der Waals surface area contributed by atoms with Crippen LogP contribution in [0.3, 0.4) is 0 Å². The van der Waals surface area contributed by atoms with Gasteiger partial charge in [-0.15, -0.1) is 12.4 Å². The van der Waals surface area contributed by atoms with Gasteiger partial charge in [0, 0.05) is 12.8 Å². The molecule has 0 unspecified atom stereocenters. The fourth-order valence-electron chi connectivity index (χ4n) is 2.60. The molecule has 5 nitrogen and oxygen atoms in total. The molecule has 1 aliphatic rings. The van der Waals surface area contributed by atoms with Gasteiger partial charge in [-0.2, -0.15) is 0 Å².